The molecule has 0 bridgehead atoms. The zero-order chi connectivity index (χ0) is 50.2. The van der Waals surface area contributed by atoms with Crippen molar-refractivity contribution >= 4 is 40.9 Å². The second-order valence-corrected chi connectivity index (χ2v) is 15.4. The highest BCUT2D eigenvalue weighted by Gasteiger charge is 2.55. The fourth-order valence-corrected chi connectivity index (χ4v) is 7.20. The third-order valence-electron chi connectivity index (χ3n) is 10.8. The van der Waals surface area contributed by atoms with E-state index in [1.165, 1.54) is 30.3 Å². The molecule has 4 aromatic rings. The maximum atomic E-state index is 13.2. The number of aliphatic hydroxyl groups excluding tert-OH is 7. The number of aliphatic carboxylic acids is 3. The van der Waals surface area contributed by atoms with Gasteiger partial charge in [0.05, 0.1) is 0 Å². The van der Waals surface area contributed by atoms with E-state index in [0.717, 1.165) is 42.5 Å². The summed E-state index contributed by atoms with van der Waals surface area (Å²) in [4.78, 5) is 71.0. The van der Waals surface area contributed by atoms with Gasteiger partial charge in [-0.1, -0.05) is 6.07 Å². The van der Waals surface area contributed by atoms with E-state index in [2.05, 4.69) is 0 Å². The van der Waals surface area contributed by atoms with Crippen LogP contribution in [0.25, 0.3) is 28.4 Å². The van der Waals surface area contributed by atoms with Crippen molar-refractivity contribution in [2.45, 2.75) is 92.1 Å². The number of aromatic hydroxyl groups is 3. The minimum atomic E-state index is -2.28. The molecule has 3 fully saturated rings. The molecule has 3 aliphatic rings. The van der Waals surface area contributed by atoms with Crippen LogP contribution in [0.3, 0.4) is 0 Å². The average molecular weight is 977 g/mol. The van der Waals surface area contributed by atoms with Gasteiger partial charge in [-0.05, 0) is 48.0 Å². The molecule has 27 nitrogen and oxygen atoms in total. The molecule has 69 heavy (non-hydrogen) atoms. The number of hydrogen-bond donors (Lipinski definition) is 13. The quantitative estimate of drug-likeness (QED) is 0.0263. The van der Waals surface area contributed by atoms with Crippen molar-refractivity contribution in [3.8, 4) is 40.1 Å². The Morgan fingerprint density at radius 3 is 1.72 bits per heavy atom. The molecule has 15 atom stereocenters. The zero-order valence-electron chi connectivity index (χ0n) is 34.6. The largest absolute Gasteiger partial charge is 0.507 e. The number of carboxylic acids is 3. The topological polar surface area (TPSA) is 435 Å². The highest BCUT2D eigenvalue weighted by atomic mass is 17.2. The van der Waals surface area contributed by atoms with Crippen LogP contribution < -0.4 is 14.9 Å². The summed E-state index contributed by atoms with van der Waals surface area (Å²) in [5.74, 6) is -8.98. The van der Waals surface area contributed by atoms with E-state index >= 15 is 0 Å². The maximum absolute atomic E-state index is 13.2. The smallest absolute Gasteiger partial charge is 0.365 e. The van der Waals surface area contributed by atoms with Crippen LogP contribution in [-0.2, 0) is 47.9 Å². The summed E-state index contributed by atoms with van der Waals surface area (Å²) in [6, 6.07) is 11.5. The first-order valence-corrected chi connectivity index (χ1v) is 20.0. The van der Waals surface area contributed by atoms with Gasteiger partial charge in [-0.2, -0.15) is 4.89 Å². The lowest BCUT2D eigenvalue weighted by Crippen LogP contribution is -2.66. The fraction of sp³-hybridized carbons (Fsp3) is 0.357. The number of ether oxygens (including phenoxy) is 6. The van der Waals surface area contributed by atoms with Crippen molar-refractivity contribution in [3.05, 3.63) is 82.5 Å². The van der Waals surface area contributed by atoms with Crippen LogP contribution in [0.2, 0.25) is 0 Å². The van der Waals surface area contributed by atoms with Crippen molar-refractivity contribution in [1.29, 1.82) is 0 Å². The number of hydrogen-bond acceptors (Lipinski definition) is 24. The summed E-state index contributed by atoms with van der Waals surface area (Å²) >= 11 is 0. The number of carboxylic acid groups (broad SMARTS) is 3. The van der Waals surface area contributed by atoms with Gasteiger partial charge in [0, 0.05) is 29.8 Å². The Morgan fingerprint density at radius 2 is 1.12 bits per heavy atom. The minimum Gasteiger partial charge on any atom is -0.507 e. The molecule has 13 N–H and O–H groups in total. The van der Waals surface area contributed by atoms with Crippen LogP contribution >= 0.6 is 0 Å². The number of benzene rings is 3. The molecule has 0 saturated carbocycles. The van der Waals surface area contributed by atoms with Crippen LogP contribution in [0, 0.1) is 0 Å². The van der Waals surface area contributed by atoms with E-state index in [4.69, 9.17) is 42.6 Å². The van der Waals surface area contributed by atoms with E-state index in [1.54, 1.807) is 0 Å². The third-order valence-corrected chi connectivity index (χ3v) is 10.8. The molecule has 0 amide bonds. The van der Waals surface area contributed by atoms with Crippen LogP contribution in [-0.4, -0.2) is 182 Å². The van der Waals surface area contributed by atoms with Crippen molar-refractivity contribution in [2.24, 2.45) is 0 Å². The van der Waals surface area contributed by atoms with Gasteiger partial charge in [-0.25, -0.2) is 19.2 Å². The Labute approximate surface area is 383 Å². The van der Waals surface area contributed by atoms with E-state index in [9.17, 15) is 90.4 Å². The number of carbonyl (C=O) groups is 4. The van der Waals surface area contributed by atoms with Crippen LogP contribution in [0.1, 0.15) is 5.56 Å². The SMILES string of the molecule is O=C(/C=C/c1ccc(O)c(O)c1)OO[C@H]1[C@H](O[C@H]2[C@H](Oc3ccc(-c4cc(=O)c5c(O)cc(O[C@@H]6O[C@H](C(=O)O)[C@@H](O)[C@H](O)[C@H]6O)cc5o4)cc3)O[C@H](C(=O)O)[C@@H](O)[C@@H]2O)O[C@H](C(=O)O)[C@@H](O)[C@@H]1O. The summed E-state index contributed by atoms with van der Waals surface area (Å²) in [6.07, 6.45) is -30.1. The van der Waals surface area contributed by atoms with Gasteiger partial charge < -0.3 is 99.2 Å². The maximum Gasteiger partial charge on any atom is 0.365 e. The van der Waals surface area contributed by atoms with E-state index in [-0.39, 0.29) is 39.4 Å². The first kappa shape index (κ1) is 49.9. The second kappa shape index (κ2) is 20.3. The lowest BCUT2D eigenvalue weighted by atomic mass is 9.97. The van der Waals surface area contributed by atoms with Crippen LogP contribution in [0.5, 0.6) is 28.7 Å². The molecule has 27 heteroatoms. The minimum absolute atomic E-state index is 0.143. The molecule has 0 aliphatic carbocycles. The first-order valence-electron chi connectivity index (χ1n) is 20.0. The lowest BCUT2D eigenvalue weighted by Gasteiger charge is -2.45. The Morgan fingerprint density at radius 1 is 0.551 bits per heavy atom. The highest BCUT2D eigenvalue weighted by molar-refractivity contribution is 5.87. The predicted octanol–water partition coefficient (Wildman–Crippen LogP) is -2.77. The van der Waals surface area contributed by atoms with E-state index < -0.39 is 139 Å². The Balaban J connectivity index is 1.11. The normalized spacial score (nSPS) is 31.5. The van der Waals surface area contributed by atoms with Gasteiger partial charge >= 0.3 is 23.9 Å². The molecule has 0 spiro atoms. The summed E-state index contributed by atoms with van der Waals surface area (Å²) in [6.45, 7) is 0. The summed E-state index contributed by atoms with van der Waals surface area (Å²) in [5.41, 5.74) is -0.762. The van der Waals surface area contributed by atoms with Crippen LogP contribution in [0.4, 0.5) is 0 Å². The fourth-order valence-electron chi connectivity index (χ4n) is 7.20. The molecule has 0 radical (unpaired) electrons. The Hall–Kier alpha value is -6.99. The average Bonchev–Trinajstić information content (AvgIpc) is 3.29. The summed E-state index contributed by atoms with van der Waals surface area (Å²) in [7, 11) is 0. The molecular formula is C42H40O27. The van der Waals surface area contributed by atoms with Crippen molar-refractivity contribution in [2.75, 3.05) is 0 Å². The lowest BCUT2D eigenvalue weighted by molar-refractivity contribution is -0.402. The summed E-state index contributed by atoms with van der Waals surface area (Å²) < 4.78 is 38.7. The van der Waals surface area contributed by atoms with Crippen molar-refractivity contribution < 1.29 is 128 Å². The van der Waals surface area contributed by atoms with Gasteiger partial charge in [-0.3, -0.25) is 9.68 Å². The molecule has 3 aliphatic heterocycles. The third kappa shape index (κ3) is 10.5. The number of phenolic OH excluding ortho intramolecular Hbond substituents is 3. The van der Waals surface area contributed by atoms with Crippen molar-refractivity contribution in [1.82, 2.24) is 0 Å². The van der Waals surface area contributed by atoms with E-state index in [0.29, 0.717) is 0 Å². The number of phenols is 3. The second-order valence-electron chi connectivity index (χ2n) is 15.4. The monoisotopic (exact) mass is 976 g/mol. The molecule has 0 unspecified atom stereocenters. The molecule has 4 heterocycles. The van der Waals surface area contributed by atoms with E-state index in [1.807, 2.05) is 0 Å². The van der Waals surface area contributed by atoms with Crippen LogP contribution in [0.15, 0.2) is 76.0 Å². The molecule has 370 valence electrons. The van der Waals surface area contributed by atoms with Gasteiger partial charge in [0.1, 0.15) is 76.7 Å². The Kier molecular flexibility index (Phi) is 14.7. The number of aliphatic hydroxyl groups is 7. The first-order chi connectivity index (χ1) is 32.6. The predicted molar refractivity (Wildman–Crippen MR) is 216 cm³/mol. The standard InChI is InChI=1S/C42H40O27/c43-17-7-1-13(9-18(17)44)2-8-23(47)68-69-36-30(53)28(51)34(39(59)60)66-42(36)67-35-29(52)27(50)33(38(57)58)65-41(35)61-15-5-3-14(4-6-15)21-12-20(46)24-19(45)10-16(11-22(24)63-21)62-40-31(54)25(48)26(49)32(64-40)37(55)56/h1-12,25-36,40-45,48-54H,(H,55,56)(H,57,58)(H,59,60)/b8-2+/t25-,26-,27-,28-,29-,30-,31+,32-,33-,34-,35+,36+,40+,41+,42-/m0/s1. The molecule has 3 saturated heterocycles. The zero-order valence-corrected chi connectivity index (χ0v) is 34.6. The number of rotatable bonds is 14. The van der Waals surface area contributed by atoms with Gasteiger partial charge in [0.25, 0.3) is 0 Å². The highest BCUT2D eigenvalue weighted by Crippen LogP contribution is 2.36. The molecular weight excluding hydrogens is 936 g/mol. The summed E-state index contributed by atoms with van der Waals surface area (Å²) in [5, 5.41) is 132. The number of fused-ring (bicyclic) bond motifs is 1. The van der Waals surface area contributed by atoms with Crippen molar-refractivity contribution in [3.63, 3.8) is 0 Å². The molecule has 7 rings (SSSR count). The molecule has 1 aromatic heterocycles. The van der Waals surface area contributed by atoms with Gasteiger partial charge in [-0.15, -0.1) is 0 Å². The Bertz CT molecular complexity index is 2650. The number of carbonyl (C=O) groups excluding carboxylic acids is 1. The van der Waals surface area contributed by atoms with Gasteiger partial charge in [0.15, 0.2) is 53.7 Å². The molecule has 3 aromatic carbocycles. The van der Waals surface area contributed by atoms with Gasteiger partial charge in [0.2, 0.25) is 12.6 Å².